The molecule has 0 saturated carbocycles. The Morgan fingerprint density at radius 2 is 1.90 bits per heavy atom. The zero-order chi connectivity index (χ0) is 22.2. The largest absolute Gasteiger partial charge is 0.507 e. The molecule has 1 aliphatic rings. The number of nitrogens with zero attached hydrogens (tertiary/aromatic N) is 2. The van der Waals surface area contributed by atoms with E-state index >= 15 is 0 Å². The lowest BCUT2D eigenvalue weighted by Gasteiger charge is -2.20. The Hall–Kier alpha value is -2.97. The van der Waals surface area contributed by atoms with E-state index in [-0.39, 0.29) is 23.7 Å². The number of hydrogen-bond acceptors (Lipinski definition) is 7. The number of carbonyl (C=O) groups excluding carboxylic acids is 2. The van der Waals surface area contributed by atoms with E-state index in [2.05, 4.69) is 4.98 Å². The number of cyclic esters (lactones) is 1. The average Bonchev–Trinajstić information content (AvgIpc) is 2.98. The predicted molar refractivity (Wildman–Crippen MR) is 111 cm³/mol. The second-order valence-corrected chi connectivity index (χ2v) is 7.65. The zero-order valence-electron chi connectivity index (χ0n) is 17.4. The number of benzene rings is 1. The number of hydrogen-bond donors (Lipinski definition) is 3. The molecule has 160 valence electrons. The van der Waals surface area contributed by atoms with Gasteiger partial charge in [-0.2, -0.15) is 0 Å². The van der Waals surface area contributed by atoms with E-state index in [4.69, 9.17) is 4.74 Å². The van der Waals surface area contributed by atoms with Crippen molar-refractivity contribution in [3.8, 4) is 5.75 Å². The van der Waals surface area contributed by atoms with Crippen LogP contribution >= 0.6 is 0 Å². The summed E-state index contributed by atoms with van der Waals surface area (Å²) in [4.78, 5) is 29.5. The lowest BCUT2D eigenvalue weighted by atomic mass is 9.99. The van der Waals surface area contributed by atoms with Crippen LogP contribution < -0.4 is 0 Å². The van der Waals surface area contributed by atoms with Gasteiger partial charge in [0.15, 0.2) is 5.78 Å². The molecule has 2 aromatic rings. The Bertz CT molecular complexity index is 1050. The van der Waals surface area contributed by atoms with Crippen molar-refractivity contribution in [3.63, 3.8) is 0 Å². The summed E-state index contributed by atoms with van der Waals surface area (Å²) in [5, 5.41) is 30.9. The maximum atomic E-state index is 12.9. The molecule has 0 radical (unpaired) electrons. The van der Waals surface area contributed by atoms with Gasteiger partial charge in [0.05, 0.1) is 17.1 Å². The van der Waals surface area contributed by atoms with Crippen LogP contribution in [0.3, 0.4) is 0 Å². The summed E-state index contributed by atoms with van der Waals surface area (Å²) >= 11 is 0. The predicted octanol–water partition coefficient (Wildman–Crippen LogP) is 2.03. The second kappa shape index (κ2) is 8.41. The molecule has 1 aromatic heterocycles. The highest BCUT2D eigenvalue weighted by atomic mass is 16.5. The smallest absolute Gasteiger partial charge is 0.342 e. The normalized spacial score (nSPS) is 26.9. The number of rotatable bonds is 0. The highest BCUT2D eigenvalue weighted by Gasteiger charge is 2.27. The molecule has 8 heteroatoms. The molecule has 3 rings (SSSR count). The van der Waals surface area contributed by atoms with Gasteiger partial charge < -0.3 is 24.6 Å². The van der Waals surface area contributed by atoms with Crippen molar-refractivity contribution in [3.05, 3.63) is 41.2 Å². The molecule has 0 aliphatic carbocycles. The first kappa shape index (κ1) is 21.7. The van der Waals surface area contributed by atoms with E-state index in [0.717, 1.165) is 0 Å². The van der Waals surface area contributed by atoms with Gasteiger partial charge in [-0.25, -0.2) is 9.78 Å². The first-order chi connectivity index (χ1) is 14.1. The van der Waals surface area contributed by atoms with Crippen LogP contribution in [0, 0.1) is 12.8 Å². The lowest BCUT2D eigenvalue weighted by Crippen LogP contribution is -2.32. The SMILES string of the molecule is Cc1nc2c3c(c(O)cc2n1C)C(=O)O[C@@H](C)[C@H](C)/C=C\C(=O)[C@@H](O)[C@@H](O)CC=C3. The minimum absolute atomic E-state index is 0.0250. The molecule has 30 heavy (non-hydrogen) atoms. The van der Waals surface area contributed by atoms with Crippen molar-refractivity contribution in [2.24, 2.45) is 13.0 Å². The van der Waals surface area contributed by atoms with Crippen molar-refractivity contribution in [1.82, 2.24) is 9.55 Å². The molecular weight excluding hydrogens is 388 g/mol. The fourth-order valence-corrected chi connectivity index (χ4v) is 3.31. The van der Waals surface area contributed by atoms with Gasteiger partial charge >= 0.3 is 5.97 Å². The fraction of sp³-hybridized carbons (Fsp3) is 0.409. The third-order valence-electron chi connectivity index (χ3n) is 5.54. The number of aromatic hydroxyl groups is 1. The van der Waals surface area contributed by atoms with Crippen LogP contribution in [-0.4, -0.2) is 54.9 Å². The molecule has 4 atom stereocenters. The molecule has 0 saturated heterocycles. The van der Waals surface area contributed by atoms with Crippen molar-refractivity contribution < 1.29 is 29.6 Å². The average molecular weight is 414 g/mol. The number of aliphatic hydroxyl groups is 2. The van der Waals surface area contributed by atoms with E-state index in [1.807, 2.05) is 0 Å². The van der Waals surface area contributed by atoms with Gasteiger partial charge in [-0.3, -0.25) is 4.79 Å². The molecule has 2 heterocycles. The summed E-state index contributed by atoms with van der Waals surface area (Å²) in [6.45, 7) is 5.23. The number of aromatic nitrogens is 2. The highest BCUT2D eigenvalue weighted by Crippen LogP contribution is 2.33. The van der Waals surface area contributed by atoms with Crippen molar-refractivity contribution in [2.45, 2.75) is 45.5 Å². The first-order valence-electron chi connectivity index (χ1n) is 9.76. The molecule has 0 unspecified atom stereocenters. The van der Waals surface area contributed by atoms with E-state index in [9.17, 15) is 24.9 Å². The number of aliphatic hydroxyl groups excluding tert-OH is 2. The minimum atomic E-state index is -1.57. The standard InChI is InChI=1S/C22H26N2O6/c1-11-8-9-17(26)21(28)16(25)7-5-6-14-19(22(29)30-12(11)2)18(27)10-15-20(14)23-13(3)24(15)4/h5-6,8-12,16,21,25,27-28H,7H2,1-4H3/b6-5?,9-8-/t11-,12+,16+,21+/m1/s1. The number of aryl methyl sites for hydroxylation is 2. The third-order valence-corrected chi connectivity index (χ3v) is 5.54. The van der Waals surface area contributed by atoms with Crippen molar-refractivity contribution >= 4 is 28.9 Å². The van der Waals surface area contributed by atoms with Crippen LogP contribution in [0.2, 0.25) is 0 Å². The number of fused-ring (bicyclic) bond motifs is 3. The summed E-state index contributed by atoms with van der Waals surface area (Å²) in [7, 11) is 1.80. The van der Waals surface area contributed by atoms with Gasteiger partial charge in [0, 0.05) is 24.6 Å². The second-order valence-electron chi connectivity index (χ2n) is 7.65. The van der Waals surface area contributed by atoms with E-state index in [0.29, 0.717) is 22.4 Å². The lowest BCUT2D eigenvalue weighted by molar-refractivity contribution is -0.127. The summed E-state index contributed by atoms with van der Waals surface area (Å²) in [5.41, 5.74) is 1.44. The van der Waals surface area contributed by atoms with Crippen molar-refractivity contribution in [2.75, 3.05) is 0 Å². The minimum Gasteiger partial charge on any atom is -0.507 e. The molecule has 8 nitrogen and oxygen atoms in total. The van der Waals surface area contributed by atoms with E-state index < -0.39 is 30.1 Å². The van der Waals surface area contributed by atoms with Gasteiger partial charge in [-0.05, 0) is 26.3 Å². The molecule has 1 aliphatic heterocycles. The van der Waals surface area contributed by atoms with Crippen molar-refractivity contribution in [1.29, 1.82) is 0 Å². The Balaban J connectivity index is 2.18. The number of phenolic OH excluding ortho intramolecular Hbond substituents is 1. The molecule has 0 amide bonds. The summed E-state index contributed by atoms with van der Waals surface area (Å²) in [6, 6.07) is 1.47. The number of phenols is 1. The zero-order valence-corrected chi connectivity index (χ0v) is 17.4. The Labute approximate surface area is 174 Å². The van der Waals surface area contributed by atoms with Crippen LogP contribution in [0.1, 0.15) is 42.0 Å². The summed E-state index contributed by atoms with van der Waals surface area (Å²) < 4.78 is 7.33. The monoisotopic (exact) mass is 414 g/mol. The van der Waals surface area contributed by atoms with Gasteiger partial charge in [0.25, 0.3) is 0 Å². The fourth-order valence-electron chi connectivity index (χ4n) is 3.31. The Morgan fingerprint density at radius 3 is 2.60 bits per heavy atom. The van der Waals surface area contributed by atoms with Crippen LogP contribution in [0.15, 0.2) is 24.3 Å². The molecular formula is C22H26N2O6. The molecule has 3 N–H and O–H groups in total. The third kappa shape index (κ3) is 4.01. The topological polar surface area (TPSA) is 122 Å². The van der Waals surface area contributed by atoms with Gasteiger partial charge in [0.1, 0.15) is 29.3 Å². The number of ether oxygens (including phenoxy) is 1. The van der Waals surface area contributed by atoms with Crippen LogP contribution in [0.5, 0.6) is 5.75 Å². The van der Waals surface area contributed by atoms with E-state index in [1.165, 1.54) is 24.3 Å². The maximum absolute atomic E-state index is 12.9. The first-order valence-corrected chi connectivity index (χ1v) is 9.76. The Kier molecular flexibility index (Phi) is 6.09. The number of imidazole rings is 1. The number of carbonyl (C=O) groups is 2. The summed E-state index contributed by atoms with van der Waals surface area (Å²) in [6.07, 6.45) is 2.24. The molecule has 0 bridgehead atoms. The van der Waals surface area contributed by atoms with Crippen LogP contribution in [-0.2, 0) is 16.6 Å². The van der Waals surface area contributed by atoms with Crippen LogP contribution in [0.4, 0.5) is 0 Å². The molecule has 1 aromatic carbocycles. The van der Waals surface area contributed by atoms with E-state index in [1.54, 1.807) is 38.5 Å². The Morgan fingerprint density at radius 1 is 1.20 bits per heavy atom. The van der Waals surface area contributed by atoms with Gasteiger partial charge in [0.2, 0.25) is 0 Å². The van der Waals surface area contributed by atoms with Gasteiger partial charge in [-0.15, -0.1) is 0 Å². The maximum Gasteiger partial charge on any atom is 0.342 e. The van der Waals surface area contributed by atoms with Crippen LogP contribution in [0.25, 0.3) is 17.1 Å². The van der Waals surface area contributed by atoms with Gasteiger partial charge in [-0.1, -0.05) is 25.2 Å². The number of ketones is 1. The molecule has 0 spiro atoms. The quantitative estimate of drug-likeness (QED) is 0.564. The molecule has 0 fully saturated rings. The number of esters is 1. The highest BCUT2D eigenvalue weighted by molar-refractivity contribution is 6.04. The summed E-state index contributed by atoms with van der Waals surface area (Å²) in [5.74, 6) is -1.24.